The Balaban J connectivity index is 1.98. The van der Waals surface area contributed by atoms with Gasteiger partial charge in [-0.25, -0.2) is 4.99 Å². The molecule has 0 amide bonds. The topological polar surface area (TPSA) is 40.4 Å². The Kier molecular flexibility index (Phi) is 3.34. The molecule has 112 valence electrons. The van der Waals surface area contributed by atoms with Crippen LogP contribution in [0.1, 0.15) is 0 Å². The number of halogens is 2. The Morgan fingerprint density at radius 1 is 1.23 bits per heavy atom. The lowest BCUT2D eigenvalue weighted by molar-refractivity contribution is 0.00595. The van der Waals surface area contributed by atoms with Gasteiger partial charge in [-0.1, -0.05) is 29.3 Å². The summed E-state index contributed by atoms with van der Waals surface area (Å²) in [5, 5.41) is 10.2. The minimum absolute atomic E-state index is 0.497. The van der Waals surface area contributed by atoms with E-state index in [1.807, 2.05) is 22.4 Å². The molecule has 1 unspecified atom stereocenters. The molecule has 5 nitrogen and oxygen atoms in total. The smallest absolute Gasteiger partial charge is 0.250 e. The highest BCUT2D eigenvalue weighted by Crippen LogP contribution is 2.38. The van der Waals surface area contributed by atoms with E-state index < -0.39 is 6.35 Å². The summed E-state index contributed by atoms with van der Waals surface area (Å²) in [4.78, 5) is 6.41. The fourth-order valence-corrected chi connectivity index (χ4v) is 3.85. The van der Waals surface area contributed by atoms with E-state index in [9.17, 15) is 0 Å². The van der Waals surface area contributed by atoms with Crippen LogP contribution in [0.15, 0.2) is 39.7 Å². The summed E-state index contributed by atoms with van der Waals surface area (Å²) in [6, 6.07) is 7.42. The maximum Gasteiger partial charge on any atom is 0.250 e. The molecular weight excluding hydrogens is 343 g/mol. The summed E-state index contributed by atoms with van der Waals surface area (Å²) in [5.41, 5.74) is 0.695. The molecule has 0 fully saturated rings. The van der Waals surface area contributed by atoms with Crippen molar-refractivity contribution in [3.8, 4) is 0 Å². The van der Waals surface area contributed by atoms with Crippen molar-refractivity contribution in [2.45, 2.75) is 6.35 Å². The Hall–Kier alpha value is -1.60. The average Bonchev–Trinajstić information content (AvgIpc) is 3.12. The number of hydrazone groups is 1. The molecule has 3 heterocycles. The van der Waals surface area contributed by atoms with Gasteiger partial charge in [0.2, 0.25) is 6.35 Å². The number of hydrogen-bond donors (Lipinski definition) is 0. The predicted octanol–water partition coefficient (Wildman–Crippen LogP) is 2.45. The molecule has 2 aromatic rings. The standard InChI is InChI=1S/C14H10Cl2N4OS/c1-21-14-18-12-8(5-6-22-12)13-19(7-17-20(13)14)11-9(15)3-2-4-10(11)16/h2-7,14H,1H3. The minimum atomic E-state index is -0.497. The molecule has 4 rings (SSSR count). The van der Waals surface area contributed by atoms with E-state index >= 15 is 0 Å². The van der Waals surface area contributed by atoms with Gasteiger partial charge < -0.3 is 4.74 Å². The highest BCUT2D eigenvalue weighted by molar-refractivity contribution is 7.07. The third-order valence-electron chi connectivity index (χ3n) is 3.45. The zero-order valence-electron chi connectivity index (χ0n) is 11.4. The van der Waals surface area contributed by atoms with Gasteiger partial charge in [-0.2, -0.15) is 10.1 Å². The SMILES string of the molecule is COC1N=c2sccc2=C2N(c3c(Cl)cccc3Cl)C=NN21. The van der Waals surface area contributed by atoms with E-state index in [-0.39, 0.29) is 0 Å². The van der Waals surface area contributed by atoms with E-state index in [2.05, 4.69) is 10.1 Å². The quantitative estimate of drug-likeness (QED) is 0.833. The zero-order valence-corrected chi connectivity index (χ0v) is 13.7. The van der Waals surface area contributed by atoms with Gasteiger partial charge in [0.1, 0.15) is 11.0 Å². The van der Waals surface area contributed by atoms with Crippen molar-refractivity contribution in [3.05, 3.63) is 49.6 Å². The molecule has 8 heteroatoms. The molecule has 1 atom stereocenters. The van der Waals surface area contributed by atoms with Gasteiger partial charge in [0.15, 0.2) is 5.82 Å². The van der Waals surface area contributed by atoms with Gasteiger partial charge in [-0.3, -0.25) is 4.90 Å². The molecule has 0 bridgehead atoms. The van der Waals surface area contributed by atoms with Gasteiger partial charge in [-0.15, -0.1) is 11.3 Å². The predicted molar refractivity (Wildman–Crippen MR) is 88.6 cm³/mol. The largest absolute Gasteiger partial charge is 0.341 e. The number of thiophene rings is 1. The summed E-state index contributed by atoms with van der Waals surface area (Å²) < 4.78 is 6.31. The van der Waals surface area contributed by atoms with Crippen molar-refractivity contribution in [2.24, 2.45) is 10.1 Å². The van der Waals surface area contributed by atoms with Crippen LogP contribution < -0.4 is 14.8 Å². The number of fused-ring (bicyclic) bond motifs is 2. The number of para-hydroxylation sites is 1. The first-order chi connectivity index (χ1) is 10.7. The molecule has 2 aliphatic rings. The summed E-state index contributed by atoms with van der Waals surface area (Å²) in [6.07, 6.45) is 1.18. The van der Waals surface area contributed by atoms with Crippen LogP contribution >= 0.6 is 34.5 Å². The molecule has 1 aromatic carbocycles. The van der Waals surface area contributed by atoms with Gasteiger partial charge in [0.25, 0.3) is 0 Å². The number of ether oxygens (including phenoxy) is 1. The summed E-state index contributed by atoms with van der Waals surface area (Å²) >= 11 is 14.2. The van der Waals surface area contributed by atoms with Crippen molar-refractivity contribution in [3.63, 3.8) is 0 Å². The van der Waals surface area contributed by atoms with Crippen LogP contribution in [0.4, 0.5) is 5.69 Å². The summed E-state index contributed by atoms with van der Waals surface area (Å²) in [7, 11) is 1.60. The lowest BCUT2D eigenvalue weighted by atomic mass is 10.2. The van der Waals surface area contributed by atoms with Crippen molar-refractivity contribution in [1.29, 1.82) is 0 Å². The first-order valence-electron chi connectivity index (χ1n) is 6.45. The van der Waals surface area contributed by atoms with E-state index in [4.69, 9.17) is 27.9 Å². The number of rotatable bonds is 2. The lowest BCUT2D eigenvalue weighted by Gasteiger charge is -2.28. The van der Waals surface area contributed by atoms with Crippen molar-refractivity contribution < 1.29 is 4.74 Å². The number of anilines is 1. The average molecular weight is 353 g/mol. The van der Waals surface area contributed by atoms with E-state index in [1.165, 1.54) is 0 Å². The molecule has 22 heavy (non-hydrogen) atoms. The van der Waals surface area contributed by atoms with Crippen LogP contribution in [0.5, 0.6) is 0 Å². The highest BCUT2D eigenvalue weighted by Gasteiger charge is 2.34. The van der Waals surface area contributed by atoms with Crippen LogP contribution in [-0.2, 0) is 4.74 Å². The van der Waals surface area contributed by atoms with Crippen LogP contribution in [0, 0.1) is 0 Å². The van der Waals surface area contributed by atoms with Crippen LogP contribution in [-0.4, -0.2) is 24.8 Å². The van der Waals surface area contributed by atoms with Crippen LogP contribution in [0.3, 0.4) is 0 Å². The van der Waals surface area contributed by atoms with Crippen molar-refractivity contribution in [1.82, 2.24) is 5.01 Å². The molecule has 1 aromatic heterocycles. The molecule has 0 aliphatic carbocycles. The number of benzene rings is 1. The van der Waals surface area contributed by atoms with Crippen molar-refractivity contribution in [2.75, 3.05) is 12.0 Å². The maximum atomic E-state index is 6.34. The molecule has 0 N–H and O–H groups in total. The van der Waals surface area contributed by atoms with Gasteiger partial charge in [-0.05, 0) is 23.6 Å². The third kappa shape index (κ3) is 1.95. The van der Waals surface area contributed by atoms with E-state index in [0.29, 0.717) is 15.7 Å². The molecule has 0 saturated carbocycles. The third-order valence-corrected chi connectivity index (χ3v) is 4.88. The molecule has 0 saturated heterocycles. The van der Waals surface area contributed by atoms with Crippen LogP contribution in [0.25, 0.3) is 5.82 Å². The molecule has 0 radical (unpaired) electrons. The van der Waals surface area contributed by atoms with Gasteiger partial charge in [0, 0.05) is 7.11 Å². The fourth-order valence-electron chi connectivity index (χ4n) is 2.50. The minimum Gasteiger partial charge on any atom is -0.341 e. The first kappa shape index (κ1) is 14.0. The second-order valence-electron chi connectivity index (χ2n) is 4.67. The van der Waals surface area contributed by atoms with E-state index in [0.717, 1.165) is 15.7 Å². The Morgan fingerprint density at radius 3 is 2.73 bits per heavy atom. The Morgan fingerprint density at radius 2 is 2.00 bits per heavy atom. The van der Waals surface area contributed by atoms with Crippen LogP contribution in [0.2, 0.25) is 10.0 Å². The van der Waals surface area contributed by atoms with Gasteiger partial charge in [0.05, 0.1) is 21.0 Å². The first-order valence-corrected chi connectivity index (χ1v) is 8.09. The lowest BCUT2D eigenvalue weighted by Crippen LogP contribution is -2.44. The zero-order chi connectivity index (χ0) is 15.3. The summed E-state index contributed by atoms with van der Waals surface area (Å²) in [6.45, 7) is 0. The number of hydrogen-bond acceptors (Lipinski definition) is 6. The normalized spacial score (nSPS) is 19.2. The fraction of sp³-hybridized carbons (Fsp3) is 0.143. The van der Waals surface area contributed by atoms with Crippen molar-refractivity contribution >= 4 is 52.4 Å². The maximum absolute atomic E-state index is 6.34. The molecule has 2 aliphatic heterocycles. The monoisotopic (exact) mass is 352 g/mol. The number of methoxy groups -OCH3 is 1. The second kappa shape index (κ2) is 5.24. The summed E-state index contributed by atoms with van der Waals surface area (Å²) in [5.74, 6) is 0.841. The van der Waals surface area contributed by atoms with E-state index in [1.54, 1.807) is 41.9 Å². The highest BCUT2D eigenvalue weighted by atomic mass is 35.5. The molecular formula is C14H10Cl2N4OS. The Bertz CT molecular complexity index is 874. The number of nitrogens with zero attached hydrogens (tertiary/aromatic N) is 4. The molecule has 0 spiro atoms. The van der Waals surface area contributed by atoms with Gasteiger partial charge >= 0.3 is 0 Å². The second-order valence-corrected chi connectivity index (χ2v) is 6.38. The Labute approximate surface area is 140 Å².